The summed E-state index contributed by atoms with van der Waals surface area (Å²) in [6.07, 6.45) is 3.37. The van der Waals surface area contributed by atoms with E-state index in [0.717, 1.165) is 33.4 Å². The highest BCUT2D eigenvalue weighted by atomic mass is 31.1. The molecule has 2 heterocycles. The number of benzene rings is 6. The van der Waals surface area contributed by atoms with Crippen molar-refractivity contribution in [3.8, 4) is 23.7 Å². The molecule has 0 saturated heterocycles. The molecule has 0 aliphatic rings. The van der Waals surface area contributed by atoms with Gasteiger partial charge in [-0.2, -0.15) is 0 Å². The molecule has 0 atom stereocenters. The van der Waals surface area contributed by atoms with E-state index in [1.165, 1.54) is 0 Å². The van der Waals surface area contributed by atoms with E-state index in [-0.39, 0.29) is 13.2 Å². The second-order valence-electron chi connectivity index (χ2n) is 13.1. The van der Waals surface area contributed by atoms with Crippen LogP contribution in [0.15, 0.2) is 195 Å². The molecule has 8 aromatic rings. The van der Waals surface area contributed by atoms with E-state index in [0.29, 0.717) is 11.6 Å². The van der Waals surface area contributed by atoms with Crippen LogP contribution in [0, 0.1) is 23.7 Å². The lowest BCUT2D eigenvalue weighted by atomic mass is 9.77. The van der Waals surface area contributed by atoms with Gasteiger partial charge in [-0.15, -0.1) is 10.2 Å². The number of hydrogen-bond donors (Lipinski definition) is 0. The lowest BCUT2D eigenvalue weighted by Gasteiger charge is -2.35. The van der Waals surface area contributed by atoms with Gasteiger partial charge in [-0.1, -0.05) is 194 Å². The molecule has 8 rings (SSSR count). The normalized spacial score (nSPS) is 11.3. The van der Waals surface area contributed by atoms with Gasteiger partial charge in [-0.05, 0) is 45.2 Å². The average molecular weight is 777 g/mol. The Morgan fingerprint density at radius 2 is 0.690 bits per heavy atom. The molecule has 0 bridgehead atoms. The highest BCUT2D eigenvalue weighted by Crippen LogP contribution is 2.41. The molecule has 9 nitrogen and oxygen atoms in total. The molecule has 282 valence electrons. The monoisotopic (exact) mass is 776 g/mol. The topological polar surface area (TPSA) is 97.0 Å². The van der Waals surface area contributed by atoms with E-state index >= 15 is 0 Å². The van der Waals surface area contributed by atoms with E-state index in [1.807, 2.05) is 119 Å². The van der Waals surface area contributed by atoms with Crippen LogP contribution in [0.5, 0.6) is 0 Å². The molecule has 0 aliphatic heterocycles. The SMILES string of the molecule is O=[PH](OCC#Cc1ncn(C(c2ccccc2)(c2ccccc2)c2ccccc2)n1)OCC#Cc1ncn(C(c2ccccc2)(c2ccccc2)c2ccccc2)n1. The summed E-state index contributed by atoms with van der Waals surface area (Å²) in [4.78, 5) is 9.05. The molecular formula is C48H37N6O3P. The lowest BCUT2D eigenvalue weighted by Crippen LogP contribution is -2.38. The summed E-state index contributed by atoms with van der Waals surface area (Å²) in [7, 11) is -2.89. The summed E-state index contributed by atoms with van der Waals surface area (Å²) in [6.45, 7) is -0.291. The largest absolute Gasteiger partial charge is 0.320 e. The Balaban J connectivity index is 0.950. The van der Waals surface area contributed by atoms with Gasteiger partial charge in [0, 0.05) is 0 Å². The Labute approximate surface area is 338 Å². The van der Waals surface area contributed by atoms with E-state index in [2.05, 4.69) is 106 Å². The Hall–Kier alpha value is -7.13. The van der Waals surface area contributed by atoms with Gasteiger partial charge in [0.1, 0.15) is 36.9 Å². The summed E-state index contributed by atoms with van der Waals surface area (Å²) in [5.41, 5.74) is 4.48. The molecule has 0 amide bonds. The minimum absolute atomic E-state index is 0.145. The first-order chi connectivity index (χ1) is 28.7. The summed E-state index contributed by atoms with van der Waals surface area (Å²) in [5.74, 6) is 12.2. The first kappa shape index (κ1) is 37.8. The molecule has 2 aromatic heterocycles. The first-order valence-corrected chi connectivity index (χ1v) is 19.9. The van der Waals surface area contributed by atoms with Crippen LogP contribution in [-0.2, 0) is 24.7 Å². The van der Waals surface area contributed by atoms with Gasteiger partial charge in [0.25, 0.3) is 0 Å². The summed E-state index contributed by atoms with van der Waals surface area (Å²) in [5, 5.41) is 9.66. The zero-order chi connectivity index (χ0) is 39.5. The Morgan fingerprint density at radius 1 is 0.431 bits per heavy atom. The quantitative estimate of drug-likeness (QED) is 0.0699. The molecule has 0 saturated carbocycles. The predicted molar refractivity (Wildman–Crippen MR) is 224 cm³/mol. The van der Waals surface area contributed by atoms with Gasteiger partial charge in [0.15, 0.2) is 0 Å². The van der Waals surface area contributed by atoms with E-state index in [4.69, 9.17) is 19.2 Å². The molecule has 10 heteroatoms. The van der Waals surface area contributed by atoms with Gasteiger partial charge in [-0.25, -0.2) is 19.3 Å². The van der Waals surface area contributed by atoms with Crippen molar-refractivity contribution in [2.75, 3.05) is 13.2 Å². The Morgan fingerprint density at radius 3 is 0.948 bits per heavy atom. The highest BCUT2D eigenvalue weighted by molar-refractivity contribution is 7.33. The van der Waals surface area contributed by atoms with Crippen molar-refractivity contribution in [2.45, 2.75) is 11.1 Å². The Bertz CT molecular complexity index is 2320. The molecule has 0 unspecified atom stereocenters. The lowest BCUT2D eigenvalue weighted by molar-refractivity contribution is 0.267. The van der Waals surface area contributed by atoms with E-state index in [9.17, 15) is 4.57 Å². The summed E-state index contributed by atoms with van der Waals surface area (Å²) < 4.78 is 27.0. The minimum atomic E-state index is -2.89. The van der Waals surface area contributed by atoms with Crippen LogP contribution >= 0.6 is 8.25 Å². The van der Waals surface area contributed by atoms with Crippen LogP contribution in [0.25, 0.3) is 0 Å². The van der Waals surface area contributed by atoms with Crippen LogP contribution in [0.2, 0.25) is 0 Å². The maximum absolute atomic E-state index is 12.6. The molecule has 6 aromatic carbocycles. The van der Waals surface area contributed by atoms with Crippen molar-refractivity contribution in [1.29, 1.82) is 0 Å². The average Bonchev–Trinajstić information content (AvgIpc) is 3.98. The van der Waals surface area contributed by atoms with Crippen LogP contribution in [0.1, 0.15) is 45.0 Å². The zero-order valence-corrected chi connectivity index (χ0v) is 32.3. The standard InChI is InChI=1S/C48H37N6O3P/c55-58(56-35-19-33-45-49-37-53(51-45)47(39-21-7-1-8-22-39,40-23-9-2-10-24-40)41-25-11-3-12-26-41)57-36-20-34-46-50-38-54(52-46)48(42-27-13-4-14-28-42,43-29-15-5-16-30-43)44-31-17-6-18-32-44/h1-18,21-32,37-38,58H,35-36H2. The molecule has 0 N–H and O–H groups in total. The van der Waals surface area contributed by atoms with Crippen molar-refractivity contribution >= 4 is 8.25 Å². The van der Waals surface area contributed by atoms with Crippen LogP contribution in [-0.4, -0.2) is 42.7 Å². The van der Waals surface area contributed by atoms with E-state index in [1.54, 1.807) is 12.7 Å². The number of nitrogens with zero attached hydrogens (tertiary/aromatic N) is 6. The second kappa shape index (κ2) is 17.8. The number of hydrogen-bond acceptors (Lipinski definition) is 7. The predicted octanol–water partition coefficient (Wildman–Crippen LogP) is 8.38. The first-order valence-electron chi connectivity index (χ1n) is 18.6. The fraction of sp³-hybridized carbons (Fsp3) is 0.0833. The third-order valence-corrected chi connectivity index (χ3v) is 10.5. The molecule has 0 radical (unpaired) electrons. The second-order valence-corrected chi connectivity index (χ2v) is 14.2. The number of rotatable bonds is 12. The zero-order valence-electron chi connectivity index (χ0n) is 31.3. The van der Waals surface area contributed by atoms with Crippen LogP contribution in [0.4, 0.5) is 0 Å². The summed E-state index contributed by atoms with van der Waals surface area (Å²) in [6, 6.07) is 61.1. The molecule has 0 aliphatic carbocycles. The van der Waals surface area contributed by atoms with Gasteiger partial charge in [0.2, 0.25) is 11.6 Å². The maximum atomic E-state index is 12.6. The molecular weight excluding hydrogens is 740 g/mol. The maximum Gasteiger partial charge on any atom is 0.320 e. The third kappa shape index (κ3) is 7.67. The highest BCUT2D eigenvalue weighted by Gasteiger charge is 2.41. The molecule has 0 fully saturated rings. The van der Waals surface area contributed by atoms with Crippen molar-refractivity contribution < 1.29 is 13.6 Å². The van der Waals surface area contributed by atoms with Gasteiger partial charge in [0.05, 0.1) is 0 Å². The van der Waals surface area contributed by atoms with Gasteiger partial charge in [-0.3, -0.25) is 13.6 Å². The van der Waals surface area contributed by atoms with E-state index < -0.39 is 19.3 Å². The van der Waals surface area contributed by atoms with Crippen molar-refractivity contribution in [3.05, 3.63) is 240 Å². The molecule has 58 heavy (non-hydrogen) atoms. The van der Waals surface area contributed by atoms with Crippen LogP contribution in [0.3, 0.4) is 0 Å². The summed E-state index contributed by atoms with van der Waals surface area (Å²) >= 11 is 0. The fourth-order valence-electron chi connectivity index (χ4n) is 7.30. The van der Waals surface area contributed by atoms with Crippen molar-refractivity contribution in [2.24, 2.45) is 0 Å². The van der Waals surface area contributed by atoms with Crippen molar-refractivity contribution in [1.82, 2.24) is 29.5 Å². The fourth-order valence-corrected chi connectivity index (χ4v) is 7.76. The molecule has 0 spiro atoms. The number of aromatic nitrogens is 6. The smallest absolute Gasteiger partial charge is 0.298 e. The van der Waals surface area contributed by atoms with Gasteiger partial charge < -0.3 is 0 Å². The van der Waals surface area contributed by atoms with Gasteiger partial charge >= 0.3 is 8.25 Å². The minimum Gasteiger partial charge on any atom is -0.298 e. The third-order valence-electron chi connectivity index (χ3n) is 9.75. The van der Waals surface area contributed by atoms with Crippen LogP contribution < -0.4 is 0 Å². The van der Waals surface area contributed by atoms with Crippen molar-refractivity contribution in [3.63, 3.8) is 0 Å². The Kier molecular flexibility index (Phi) is 11.6.